The SMILES string of the molecule is Nc1nc(C(=O)N(Cc2ccco2)Cc2cccs2)cs1. The van der Waals surface area contributed by atoms with Crippen LogP contribution in [-0.4, -0.2) is 15.8 Å². The van der Waals surface area contributed by atoms with E-state index in [1.165, 1.54) is 11.3 Å². The molecule has 0 aliphatic carbocycles. The van der Waals surface area contributed by atoms with Gasteiger partial charge >= 0.3 is 0 Å². The molecule has 21 heavy (non-hydrogen) atoms. The molecule has 3 aromatic rings. The largest absolute Gasteiger partial charge is 0.467 e. The third kappa shape index (κ3) is 3.32. The molecule has 0 unspecified atom stereocenters. The summed E-state index contributed by atoms with van der Waals surface area (Å²) in [5.41, 5.74) is 5.98. The number of aromatic nitrogens is 1. The zero-order valence-corrected chi connectivity index (χ0v) is 12.7. The second kappa shape index (κ2) is 6.11. The van der Waals surface area contributed by atoms with Gasteiger partial charge in [-0.15, -0.1) is 22.7 Å². The smallest absolute Gasteiger partial charge is 0.274 e. The average Bonchev–Trinajstić information content (AvgIpc) is 3.19. The molecule has 2 N–H and O–H groups in total. The van der Waals surface area contributed by atoms with Gasteiger partial charge in [-0.2, -0.15) is 0 Å². The molecule has 3 rings (SSSR count). The second-order valence-electron chi connectivity index (χ2n) is 4.39. The van der Waals surface area contributed by atoms with Gasteiger partial charge in [0.2, 0.25) is 0 Å². The van der Waals surface area contributed by atoms with Crippen LogP contribution >= 0.6 is 22.7 Å². The Labute approximate surface area is 129 Å². The number of rotatable bonds is 5. The molecule has 0 radical (unpaired) electrons. The zero-order chi connectivity index (χ0) is 14.7. The van der Waals surface area contributed by atoms with Crippen molar-refractivity contribution in [2.75, 3.05) is 5.73 Å². The molecule has 3 aromatic heterocycles. The van der Waals surface area contributed by atoms with E-state index < -0.39 is 0 Å². The Hall–Kier alpha value is -2.12. The van der Waals surface area contributed by atoms with Crippen LogP contribution in [0, 0.1) is 0 Å². The number of hydrogen-bond donors (Lipinski definition) is 1. The molecule has 7 heteroatoms. The summed E-state index contributed by atoms with van der Waals surface area (Å²) in [5, 5.41) is 4.07. The lowest BCUT2D eigenvalue weighted by Gasteiger charge is -2.20. The number of anilines is 1. The summed E-state index contributed by atoms with van der Waals surface area (Å²) >= 11 is 2.88. The van der Waals surface area contributed by atoms with Crippen LogP contribution in [0.1, 0.15) is 21.1 Å². The summed E-state index contributed by atoms with van der Waals surface area (Å²) in [6.45, 7) is 0.926. The lowest BCUT2D eigenvalue weighted by molar-refractivity contribution is 0.0714. The van der Waals surface area contributed by atoms with Gasteiger partial charge in [-0.05, 0) is 23.6 Å². The summed E-state index contributed by atoms with van der Waals surface area (Å²) in [6, 6.07) is 7.63. The zero-order valence-electron chi connectivity index (χ0n) is 11.1. The van der Waals surface area contributed by atoms with Gasteiger partial charge < -0.3 is 15.1 Å². The number of nitrogens with zero attached hydrogens (tertiary/aromatic N) is 2. The second-order valence-corrected chi connectivity index (χ2v) is 6.31. The molecule has 1 amide bonds. The minimum absolute atomic E-state index is 0.146. The number of nitrogen functional groups attached to an aromatic ring is 1. The molecular weight excluding hydrogens is 306 g/mol. The van der Waals surface area contributed by atoms with Crippen molar-refractivity contribution in [3.8, 4) is 0 Å². The maximum Gasteiger partial charge on any atom is 0.274 e. The quantitative estimate of drug-likeness (QED) is 0.783. The summed E-state index contributed by atoms with van der Waals surface area (Å²) in [5.74, 6) is 0.593. The number of thiazole rings is 1. The third-order valence-electron chi connectivity index (χ3n) is 2.88. The Kier molecular flexibility index (Phi) is 4.03. The Morgan fingerprint density at radius 3 is 2.81 bits per heavy atom. The lowest BCUT2D eigenvalue weighted by atomic mass is 10.3. The maximum absolute atomic E-state index is 12.6. The van der Waals surface area contributed by atoms with Gasteiger partial charge in [0.1, 0.15) is 11.5 Å². The molecule has 0 aliphatic rings. The van der Waals surface area contributed by atoms with Gasteiger partial charge in [0.25, 0.3) is 5.91 Å². The fraction of sp³-hybridized carbons (Fsp3) is 0.143. The van der Waals surface area contributed by atoms with Crippen LogP contribution in [0.5, 0.6) is 0 Å². The molecule has 0 fully saturated rings. The normalized spacial score (nSPS) is 10.7. The average molecular weight is 319 g/mol. The van der Waals surface area contributed by atoms with E-state index in [9.17, 15) is 4.79 Å². The van der Waals surface area contributed by atoms with Crippen molar-refractivity contribution in [2.24, 2.45) is 0 Å². The third-order valence-corrected chi connectivity index (χ3v) is 4.42. The molecule has 108 valence electrons. The van der Waals surface area contributed by atoms with Gasteiger partial charge in [0.05, 0.1) is 19.4 Å². The number of amides is 1. The van der Waals surface area contributed by atoms with E-state index >= 15 is 0 Å². The van der Waals surface area contributed by atoms with Gasteiger partial charge in [-0.25, -0.2) is 4.98 Å². The molecule has 5 nitrogen and oxygen atoms in total. The fourth-order valence-corrected chi connectivity index (χ4v) is 3.19. The van der Waals surface area contributed by atoms with E-state index in [4.69, 9.17) is 10.2 Å². The van der Waals surface area contributed by atoms with E-state index in [1.54, 1.807) is 27.9 Å². The summed E-state index contributed by atoms with van der Waals surface area (Å²) in [4.78, 5) is 19.5. The van der Waals surface area contributed by atoms with Crippen molar-refractivity contribution in [3.05, 3.63) is 57.6 Å². The molecule has 0 aromatic carbocycles. The molecule has 3 heterocycles. The Morgan fingerprint density at radius 2 is 2.19 bits per heavy atom. The molecular formula is C14H13N3O2S2. The van der Waals surface area contributed by atoms with E-state index in [1.807, 2.05) is 29.6 Å². The summed E-state index contributed by atoms with van der Waals surface area (Å²) in [6.07, 6.45) is 1.60. The molecule has 0 bridgehead atoms. The van der Waals surface area contributed by atoms with Crippen LogP contribution in [0.2, 0.25) is 0 Å². The predicted octanol–water partition coefficient (Wildman–Crippen LogP) is 3.22. The molecule has 0 spiro atoms. The van der Waals surface area contributed by atoms with Crippen molar-refractivity contribution in [2.45, 2.75) is 13.1 Å². The topological polar surface area (TPSA) is 72.4 Å². The van der Waals surface area contributed by atoms with Crippen molar-refractivity contribution in [1.29, 1.82) is 0 Å². The van der Waals surface area contributed by atoms with Crippen LogP contribution < -0.4 is 5.73 Å². The number of hydrogen-bond acceptors (Lipinski definition) is 6. The van der Waals surface area contributed by atoms with Crippen LogP contribution in [-0.2, 0) is 13.1 Å². The first-order valence-electron chi connectivity index (χ1n) is 6.27. The fourth-order valence-electron chi connectivity index (χ4n) is 1.93. The van der Waals surface area contributed by atoms with Gasteiger partial charge in [-0.1, -0.05) is 6.07 Å². The van der Waals surface area contributed by atoms with Gasteiger partial charge in [-0.3, -0.25) is 4.79 Å². The highest BCUT2D eigenvalue weighted by Gasteiger charge is 2.20. The first-order valence-corrected chi connectivity index (χ1v) is 8.03. The highest BCUT2D eigenvalue weighted by molar-refractivity contribution is 7.13. The highest BCUT2D eigenvalue weighted by atomic mass is 32.1. The van der Waals surface area contributed by atoms with Crippen LogP contribution in [0.4, 0.5) is 5.13 Å². The minimum Gasteiger partial charge on any atom is -0.467 e. The predicted molar refractivity (Wildman–Crippen MR) is 83.1 cm³/mol. The first-order chi connectivity index (χ1) is 10.2. The highest BCUT2D eigenvalue weighted by Crippen LogP contribution is 2.19. The minimum atomic E-state index is -0.146. The lowest BCUT2D eigenvalue weighted by Crippen LogP contribution is -2.30. The van der Waals surface area contributed by atoms with Crippen LogP contribution in [0.25, 0.3) is 0 Å². The number of carbonyl (C=O) groups excluding carboxylic acids is 1. The van der Waals surface area contributed by atoms with Gasteiger partial charge in [0.15, 0.2) is 5.13 Å². The Balaban J connectivity index is 1.82. The van der Waals surface area contributed by atoms with Crippen molar-refractivity contribution < 1.29 is 9.21 Å². The number of nitrogens with two attached hydrogens (primary N) is 1. The van der Waals surface area contributed by atoms with Crippen LogP contribution in [0.3, 0.4) is 0 Å². The first kappa shape index (κ1) is 13.8. The molecule has 0 aliphatic heterocycles. The van der Waals surface area contributed by atoms with E-state index in [0.717, 1.165) is 10.6 Å². The monoisotopic (exact) mass is 319 g/mol. The van der Waals surface area contributed by atoms with Crippen molar-refractivity contribution >= 4 is 33.7 Å². The summed E-state index contributed by atoms with van der Waals surface area (Å²) < 4.78 is 5.34. The van der Waals surface area contributed by atoms with Gasteiger partial charge in [0, 0.05) is 10.3 Å². The van der Waals surface area contributed by atoms with Crippen molar-refractivity contribution in [1.82, 2.24) is 9.88 Å². The van der Waals surface area contributed by atoms with E-state index in [0.29, 0.717) is 23.9 Å². The van der Waals surface area contributed by atoms with Crippen LogP contribution in [0.15, 0.2) is 45.7 Å². The number of carbonyl (C=O) groups is 1. The molecule has 0 saturated heterocycles. The van der Waals surface area contributed by atoms with E-state index in [-0.39, 0.29) is 5.91 Å². The van der Waals surface area contributed by atoms with E-state index in [2.05, 4.69) is 4.98 Å². The van der Waals surface area contributed by atoms with Crippen molar-refractivity contribution in [3.63, 3.8) is 0 Å². The number of furan rings is 1. The number of thiophene rings is 1. The molecule has 0 atom stereocenters. The Bertz CT molecular complexity index is 668. The molecule has 0 saturated carbocycles. The Morgan fingerprint density at radius 1 is 1.29 bits per heavy atom. The summed E-state index contributed by atoms with van der Waals surface area (Å²) in [7, 11) is 0. The maximum atomic E-state index is 12.6. The standard InChI is InChI=1S/C14H13N3O2S2/c15-14-16-12(9-21-14)13(18)17(7-10-3-1-5-19-10)8-11-4-2-6-20-11/h1-6,9H,7-8H2,(H2,15,16).